The summed E-state index contributed by atoms with van der Waals surface area (Å²) in [5.41, 5.74) is 5.52. The lowest BCUT2D eigenvalue weighted by molar-refractivity contribution is 0.149. The molecule has 0 aromatic carbocycles. The van der Waals surface area contributed by atoms with Crippen LogP contribution in [0.15, 0.2) is 18.7 Å². The van der Waals surface area contributed by atoms with Gasteiger partial charge in [0.05, 0.1) is 20.3 Å². The number of ether oxygens (including phenoxy) is 2. The Balaban J connectivity index is 2.31. The molecule has 0 saturated heterocycles. The molecule has 0 fully saturated rings. The maximum Gasteiger partial charge on any atom is 0.225 e. The Morgan fingerprint density at radius 2 is 2.29 bits per heavy atom. The summed E-state index contributed by atoms with van der Waals surface area (Å²) < 4.78 is 10.3. The van der Waals surface area contributed by atoms with Gasteiger partial charge in [-0.3, -0.25) is 0 Å². The van der Waals surface area contributed by atoms with Crippen molar-refractivity contribution in [2.75, 3.05) is 37.9 Å². The molecule has 0 spiro atoms. The molecule has 0 aliphatic rings. The van der Waals surface area contributed by atoms with Gasteiger partial charge in [-0.1, -0.05) is 6.08 Å². The molecule has 0 amide bonds. The first kappa shape index (κ1) is 13.2. The fraction of sp³-hybridized carbons (Fsp3) is 0.455. The molecule has 0 bridgehead atoms. The molecule has 6 heteroatoms. The molecule has 1 aromatic rings. The molecular weight excluding hydrogens is 220 g/mol. The van der Waals surface area contributed by atoms with E-state index in [1.54, 1.807) is 6.07 Å². The van der Waals surface area contributed by atoms with Gasteiger partial charge in [-0.15, -0.1) is 6.58 Å². The molecule has 17 heavy (non-hydrogen) atoms. The zero-order chi connectivity index (χ0) is 12.5. The van der Waals surface area contributed by atoms with E-state index < -0.39 is 0 Å². The molecular formula is C11H18N4O2. The van der Waals surface area contributed by atoms with Gasteiger partial charge in [0.2, 0.25) is 11.8 Å². The van der Waals surface area contributed by atoms with E-state index in [1.807, 2.05) is 6.08 Å². The lowest BCUT2D eigenvalue weighted by atomic mass is 10.4. The summed E-state index contributed by atoms with van der Waals surface area (Å²) in [7, 11) is 1.53. The van der Waals surface area contributed by atoms with Crippen LogP contribution in [0.5, 0.6) is 5.88 Å². The summed E-state index contributed by atoms with van der Waals surface area (Å²) >= 11 is 0. The first-order chi connectivity index (χ1) is 8.26. The van der Waals surface area contributed by atoms with Crippen molar-refractivity contribution in [3.05, 3.63) is 18.7 Å². The fourth-order valence-electron chi connectivity index (χ4n) is 1.16. The molecule has 3 N–H and O–H groups in total. The monoisotopic (exact) mass is 238 g/mol. The molecule has 6 nitrogen and oxygen atoms in total. The minimum Gasteiger partial charge on any atom is -0.481 e. The van der Waals surface area contributed by atoms with Crippen molar-refractivity contribution in [1.82, 2.24) is 9.97 Å². The Hall–Kier alpha value is -1.82. The van der Waals surface area contributed by atoms with Crippen molar-refractivity contribution < 1.29 is 9.47 Å². The number of rotatable bonds is 8. The number of nitrogens with zero attached hydrogens (tertiary/aromatic N) is 2. The van der Waals surface area contributed by atoms with E-state index in [2.05, 4.69) is 21.9 Å². The topological polar surface area (TPSA) is 82.3 Å². The molecule has 0 unspecified atom stereocenters. The van der Waals surface area contributed by atoms with Crippen LogP contribution in [0.3, 0.4) is 0 Å². The Bertz CT molecular complexity index is 357. The minimum atomic E-state index is 0.180. The van der Waals surface area contributed by atoms with Crippen molar-refractivity contribution in [3.8, 4) is 5.88 Å². The zero-order valence-corrected chi connectivity index (χ0v) is 9.98. The standard InChI is InChI=1S/C11H18N4O2/c1-3-4-6-17-7-5-13-9-8-10(16-2)15-11(12)14-9/h3,8H,1,4-7H2,2H3,(H3,12,13,14,15). The van der Waals surface area contributed by atoms with Crippen LogP contribution in [-0.2, 0) is 4.74 Å². The van der Waals surface area contributed by atoms with Gasteiger partial charge >= 0.3 is 0 Å². The molecule has 0 saturated carbocycles. The van der Waals surface area contributed by atoms with E-state index in [1.165, 1.54) is 7.11 Å². The summed E-state index contributed by atoms with van der Waals surface area (Å²) in [4.78, 5) is 7.90. The van der Waals surface area contributed by atoms with Crippen LogP contribution in [0.1, 0.15) is 6.42 Å². The Morgan fingerprint density at radius 1 is 1.47 bits per heavy atom. The SMILES string of the molecule is C=CCCOCCNc1cc(OC)nc(N)n1. The third kappa shape index (κ3) is 5.17. The number of methoxy groups -OCH3 is 1. The Morgan fingerprint density at radius 3 is 3.00 bits per heavy atom. The molecule has 0 atom stereocenters. The molecule has 0 aliphatic carbocycles. The van der Waals surface area contributed by atoms with Crippen molar-refractivity contribution in [3.63, 3.8) is 0 Å². The molecule has 1 heterocycles. The smallest absolute Gasteiger partial charge is 0.225 e. The summed E-state index contributed by atoms with van der Waals surface area (Å²) in [6, 6.07) is 1.68. The van der Waals surface area contributed by atoms with Gasteiger partial charge in [-0.2, -0.15) is 9.97 Å². The van der Waals surface area contributed by atoms with Gasteiger partial charge in [0.25, 0.3) is 0 Å². The third-order valence-corrected chi connectivity index (χ3v) is 1.95. The number of nitrogen functional groups attached to an aromatic ring is 1. The average molecular weight is 238 g/mol. The first-order valence-electron chi connectivity index (χ1n) is 5.37. The van der Waals surface area contributed by atoms with Crippen LogP contribution in [-0.4, -0.2) is 36.8 Å². The lowest BCUT2D eigenvalue weighted by Gasteiger charge is -2.07. The van der Waals surface area contributed by atoms with Crippen molar-refractivity contribution in [1.29, 1.82) is 0 Å². The van der Waals surface area contributed by atoms with Gasteiger partial charge in [0.15, 0.2) is 0 Å². The van der Waals surface area contributed by atoms with Crippen LogP contribution in [0.2, 0.25) is 0 Å². The maximum absolute atomic E-state index is 5.52. The second kappa shape index (κ2) is 7.45. The van der Waals surface area contributed by atoms with E-state index in [-0.39, 0.29) is 5.95 Å². The highest BCUT2D eigenvalue weighted by Gasteiger charge is 2.01. The van der Waals surface area contributed by atoms with E-state index >= 15 is 0 Å². The molecule has 1 aromatic heterocycles. The highest BCUT2D eigenvalue weighted by atomic mass is 16.5. The molecule has 94 valence electrons. The molecule has 0 aliphatic heterocycles. The van der Waals surface area contributed by atoms with Crippen molar-refractivity contribution in [2.24, 2.45) is 0 Å². The molecule has 1 rings (SSSR count). The van der Waals surface area contributed by atoms with E-state index in [4.69, 9.17) is 15.2 Å². The second-order valence-electron chi connectivity index (χ2n) is 3.27. The maximum atomic E-state index is 5.52. The quantitative estimate of drug-likeness (QED) is 0.521. The van der Waals surface area contributed by atoms with Gasteiger partial charge in [-0.05, 0) is 6.42 Å². The molecule has 0 radical (unpaired) electrons. The Kier molecular flexibility index (Phi) is 5.81. The van der Waals surface area contributed by atoms with E-state index in [0.29, 0.717) is 31.5 Å². The zero-order valence-electron chi connectivity index (χ0n) is 9.98. The minimum absolute atomic E-state index is 0.180. The van der Waals surface area contributed by atoms with Gasteiger partial charge in [-0.25, -0.2) is 0 Å². The highest BCUT2D eigenvalue weighted by molar-refractivity contribution is 5.42. The van der Waals surface area contributed by atoms with Crippen LogP contribution in [0, 0.1) is 0 Å². The summed E-state index contributed by atoms with van der Waals surface area (Å²) in [6.45, 7) is 5.54. The Labute approximate surface area is 101 Å². The largest absolute Gasteiger partial charge is 0.481 e. The summed E-state index contributed by atoms with van der Waals surface area (Å²) in [5, 5.41) is 3.08. The highest BCUT2D eigenvalue weighted by Crippen LogP contribution is 2.13. The van der Waals surface area contributed by atoms with Gasteiger partial charge in [0.1, 0.15) is 5.82 Å². The van der Waals surface area contributed by atoms with Crippen LogP contribution < -0.4 is 15.8 Å². The first-order valence-corrected chi connectivity index (χ1v) is 5.37. The van der Waals surface area contributed by atoms with Crippen molar-refractivity contribution in [2.45, 2.75) is 6.42 Å². The van der Waals surface area contributed by atoms with Crippen LogP contribution in [0.25, 0.3) is 0 Å². The van der Waals surface area contributed by atoms with E-state index in [9.17, 15) is 0 Å². The average Bonchev–Trinajstić information content (AvgIpc) is 2.33. The number of anilines is 2. The van der Waals surface area contributed by atoms with Crippen LogP contribution >= 0.6 is 0 Å². The van der Waals surface area contributed by atoms with Gasteiger partial charge in [0, 0.05) is 12.6 Å². The second-order valence-corrected chi connectivity index (χ2v) is 3.27. The number of hydrogen-bond acceptors (Lipinski definition) is 6. The van der Waals surface area contributed by atoms with Crippen LogP contribution in [0.4, 0.5) is 11.8 Å². The normalized spacial score (nSPS) is 9.94. The van der Waals surface area contributed by atoms with Crippen molar-refractivity contribution >= 4 is 11.8 Å². The number of nitrogens with two attached hydrogens (primary N) is 1. The third-order valence-electron chi connectivity index (χ3n) is 1.95. The predicted octanol–water partition coefficient (Wildman–Crippen LogP) is 1.07. The number of aromatic nitrogens is 2. The summed E-state index contributed by atoms with van der Waals surface area (Å²) in [6.07, 6.45) is 2.68. The fourth-order valence-corrected chi connectivity index (χ4v) is 1.16. The lowest BCUT2D eigenvalue weighted by Crippen LogP contribution is -2.12. The van der Waals surface area contributed by atoms with Gasteiger partial charge < -0.3 is 20.5 Å². The van der Waals surface area contributed by atoms with E-state index in [0.717, 1.165) is 6.42 Å². The summed E-state index contributed by atoms with van der Waals surface area (Å²) in [5.74, 6) is 1.24. The predicted molar refractivity (Wildman–Crippen MR) is 67.1 cm³/mol. The number of hydrogen-bond donors (Lipinski definition) is 2. The number of nitrogens with one attached hydrogen (secondary N) is 1.